The highest BCUT2D eigenvalue weighted by molar-refractivity contribution is 5.76. The van der Waals surface area contributed by atoms with Gasteiger partial charge in [-0.1, -0.05) is 23.8 Å². The van der Waals surface area contributed by atoms with Crippen molar-refractivity contribution in [2.24, 2.45) is 0 Å². The van der Waals surface area contributed by atoms with E-state index in [1.165, 1.54) is 36.0 Å². The first kappa shape index (κ1) is 13.1. The van der Waals surface area contributed by atoms with E-state index in [0.29, 0.717) is 12.3 Å². The third kappa shape index (κ3) is 3.34. The van der Waals surface area contributed by atoms with Crippen LogP contribution in [0.2, 0.25) is 0 Å². The summed E-state index contributed by atoms with van der Waals surface area (Å²) in [5, 5.41) is 0. The summed E-state index contributed by atoms with van der Waals surface area (Å²) in [5.74, 6) is 0.328. The van der Waals surface area contributed by atoms with Crippen LogP contribution in [0.15, 0.2) is 18.2 Å². The Morgan fingerprint density at radius 3 is 2.56 bits per heavy atom. The Balaban J connectivity index is 1.88. The van der Waals surface area contributed by atoms with E-state index < -0.39 is 0 Å². The monoisotopic (exact) mass is 245 g/mol. The Labute approximate surface area is 110 Å². The molecule has 1 heterocycles. The van der Waals surface area contributed by atoms with Gasteiger partial charge in [0.15, 0.2) is 0 Å². The minimum absolute atomic E-state index is 0.328. The van der Waals surface area contributed by atoms with Crippen LogP contribution in [0.5, 0.6) is 0 Å². The van der Waals surface area contributed by atoms with E-state index in [1.807, 2.05) is 4.90 Å². The van der Waals surface area contributed by atoms with Crippen LogP contribution in [0, 0.1) is 13.8 Å². The van der Waals surface area contributed by atoms with E-state index in [2.05, 4.69) is 32.0 Å². The molecule has 1 aromatic carbocycles. The van der Waals surface area contributed by atoms with Crippen LogP contribution in [0.4, 0.5) is 0 Å². The summed E-state index contributed by atoms with van der Waals surface area (Å²) < 4.78 is 0. The lowest BCUT2D eigenvalue weighted by molar-refractivity contribution is -0.132. The molecule has 1 saturated heterocycles. The molecule has 1 aromatic rings. The molecule has 1 aliphatic rings. The van der Waals surface area contributed by atoms with Gasteiger partial charge in [0, 0.05) is 19.5 Å². The van der Waals surface area contributed by atoms with E-state index in [9.17, 15) is 4.79 Å². The number of rotatable bonds is 3. The molecule has 0 aliphatic carbocycles. The zero-order valence-electron chi connectivity index (χ0n) is 11.5. The Hall–Kier alpha value is -1.31. The third-order valence-electron chi connectivity index (χ3n) is 3.82. The SMILES string of the molecule is Cc1ccc(CCC(=O)N2CCCCC2)c(C)c1. The summed E-state index contributed by atoms with van der Waals surface area (Å²) in [7, 11) is 0. The summed E-state index contributed by atoms with van der Waals surface area (Å²) in [6, 6.07) is 6.49. The Kier molecular flexibility index (Phi) is 4.40. The topological polar surface area (TPSA) is 20.3 Å². The molecule has 0 radical (unpaired) electrons. The van der Waals surface area contributed by atoms with Crippen molar-refractivity contribution < 1.29 is 4.79 Å². The molecule has 0 unspecified atom stereocenters. The predicted octanol–water partition coefficient (Wildman–Crippen LogP) is 3.25. The van der Waals surface area contributed by atoms with Crippen LogP contribution in [0.25, 0.3) is 0 Å². The zero-order valence-corrected chi connectivity index (χ0v) is 11.5. The van der Waals surface area contributed by atoms with Crippen LogP contribution >= 0.6 is 0 Å². The second-order valence-electron chi connectivity index (χ2n) is 5.37. The van der Waals surface area contributed by atoms with Crippen molar-refractivity contribution in [3.63, 3.8) is 0 Å². The molecule has 0 spiro atoms. The van der Waals surface area contributed by atoms with Crippen LogP contribution in [0.1, 0.15) is 42.4 Å². The molecule has 2 rings (SSSR count). The summed E-state index contributed by atoms with van der Waals surface area (Å²) in [6.45, 7) is 6.17. The molecule has 1 amide bonds. The van der Waals surface area contributed by atoms with Gasteiger partial charge in [0.2, 0.25) is 5.91 Å². The maximum absolute atomic E-state index is 12.1. The fourth-order valence-corrected chi connectivity index (χ4v) is 2.67. The number of hydrogen-bond acceptors (Lipinski definition) is 1. The molecule has 0 bridgehead atoms. The highest BCUT2D eigenvalue weighted by atomic mass is 16.2. The van der Waals surface area contributed by atoms with Crippen molar-refractivity contribution in [3.05, 3.63) is 34.9 Å². The van der Waals surface area contributed by atoms with Gasteiger partial charge in [-0.05, 0) is 50.7 Å². The summed E-state index contributed by atoms with van der Waals surface area (Å²) in [5.41, 5.74) is 3.91. The van der Waals surface area contributed by atoms with Gasteiger partial charge < -0.3 is 4.90 Å². The van der Waals surface area contributed by atoms with Gasteiger partial charge in [-0.2, -0.15) is 0 Å². The van der Waals surface area contributed by atoms with Gasteiger partial charge in [-0.15, -0.1) is 0 Å². The van der Waals surface area contributed by atoms with Gasteiger partial charge >= 0.3 is 0 Å². The summed E-state index contributed by atoms with van der Waals surface area (Å²) in [4.78, 5) is 14.1. The number of carbonyl (C=O) groups is 1. The second kappa shape index (κ2) is 6.03. The molecule has 18 heavy (non-hydrogen) atoms. The molecule has 1 fully saturated rings. The van der Waals surface area contributed by atoms with Crippen LogP contribution < -0.4 is 0 Å². The van der Waals surface area contributed by atoms with Crippen molar-refractivity contribution in [2.75, 3.05) is 13.1 Å². The van der Waals surface area contributed by atoms with E-state index >= 15 is 0 Å². The van der Waals surface area contributed by atoms with Gasteiger partial charge in [0.1, 0.15) is 0 Å². The molecule has 1 aliphatic heterocycles. The first-order valence-electron chi connectivity index (χ1n) is 7.01. The zero-order chi connectivity index (χ0) is 13.0. The normalized spacial score (nSPS) is 15.8. The molecule has 0 aromatic heterocycles. The number of amides is 1. The highest BCUT2D eigenvalue weighted by Crippen LogP contribution is 2.15. The highest BCUT2D eigenvalue weighted by Gasteiger charge is 2.16. The minimum atomic E-state index is 0.328. The number of hydrogen-bond donors (Lipinski definition) is 0. The molecule has 0 N–H and O–H groups in total. The van der Waals surface area contributed by atoms with Crippen molar-refractivity contribution in [1.82, 2.24) is 4.90 Å². The van der Waals surface area contributed by atoms with E-state index in [4.69, 9.17) is 0 Å². The van der Waals surface area contributed by atoms with E-state index in [1.54, 1.807) is 0 Å². The lowest BCUT2D eigenvalue weighted by Crippen LogP contribution is -2.35. The van der Waals surface area contributed by atoms with E-state index in [-0.39, 0.29) is 0 Å². The average Bonchev–Trinajstić information content (AvgIpc) is 2.38. The van der Waals surface area contributed by atoms with Crippen molar-refractivity contribution in [3.8, 4) is 0 Å². The maximum atomic E-state index is 12.1. The predicted molar refractivity (Wildman–Crippen MR) is 74.7 cm³/mol. The lowest BCUT2D eigenvalue weighted by Gasteiger charge is -2.26. The molecular weight excluding hydrogens is 222 g/mol. The number of benzene rings is 1. The first-order chi connectivity index (χ1) is 8.66. The number of likely N-dealkylation sites (tertiary alicyclic amines) is 1. The first-order valence-corrected chi connectivity index (χ1v) is 7.01. The largest absolute Gasteiger partial charge is 0.343 e. The molecule has 0 saturated carbocycles. The van der Waals surface area contributed by atoms with Crippen molar-refractivity contribution >= 4 is 5.91 Å². The van der Waals surface area contributed by atoms with Crippen molar-refractivity contribution in [1.29, 1.82) is 0 Å². The Morgan fingerprint density at radius 2 is 1.89 bits per heavy atom. The molecule has 98 valence electrons. The molecule has 2 nitrogen and oxygen atoms in total. The number of aryl methyl sites for hydroxylation is 3. The van der Waals surface area contributed by atoms with E-state index in [0.717, 1.165) is 19.5 Å². The Bertz CT molecular complexity index is 419. The number of carbonyl (C=O) groups excluding carboxylic acids is 1. The van der Waals surface area contributed by atoms with Gasteiger partial charge in [0.05, 0.1) is 0 Å². The quantitative estimate of drug-likeness (QED) is 0.800. The summed E-state index contributed by atoms with van der Waals surface area (Å²) in [6.07, 6.45) is 5.16. The second-order valence-corrected chi connectivity index (χ2v) is 5.37. The van der Waals surface area contributed by atoms with Gasteiger partial charge in [-0.25, -0.2) is 0 Å². The maximum Gasteiger partial charge on any atom is 0.222 e. The van der Waals surface area contributed by atoms with Gasteiger partial charge in [0.25, 0.3) is 0 Å². The number of piperidine rings is 1. The standard InChI is InChI=1S/C16H23NO/c1-13-6-7-15(14(2)12-13)8-9-16(18)17-10-4-3-5-11-17/h6-7,12H,3-5,8-11H2,1-2H3. The van der Waals surface area contributed by atoms with Crippen LogP contribution in [-0.4, -0.2) is 23.9 Å². The van der Waals surface area contributed by atoms with Crippen molar-refractivity contribution in [2.45, 2.75) is 46.0 Å². The fraction of sp³-hybridized carbons (Fsp3) is 0.562. The van der Waals surface area contributed by atoms with Crippen LogP contribution in [-0.2, 0) is 11.2 Å². The summed E-state index contributed by atoms with van der Waals surface area (Å²) >= 11 is 0. The van der Waals surface area contributed by atoms with Gasteiger partial charge in [-0.3, -0.25) is 4.79 Å². The minimum Gasteiger partial charge on any atom is -0.343 e. The Morgan fingerprint density at radius 1 is 1.17 bits per heavy atom. The third-order valence-corrected chi connectivity index (χ3v) is 3.82. The molecular formula is C16H23NO. The molecule has 2 heteroatoms. The smallest absolute Gasteiger partial charge is 0.222 e. The fourth-order valence-electron chi connectivity index (χ4n) is 2.67. The lowest BCUT2D eigenvalue weighted by atomic mass is 10.0. The van der Waals surface area contributed by atoms with Crippen LogP contribution in [0.3, 0.4) is 0 Å². The number of nitrogens with zero attached hydrogens (tertiary/aromatic N) is 1. The molecule has 0 atom stereocenters. The average molecular weight is 245 g/mol.